The number of aliphatic hydroxyl groups is 1. The third-order valence-corrected chi connectivity index (χ3v) is 9.79. The Labute approximate surface area is 202 Å². The summed E-state index contributed by atoms with van der Waals surface area (Å²) < 4.78 is 6.59. The first kappa shape index (κ1) is 22.4. The van der Waals surface area contributed by atoms with E-state index in [0.717, 1.165) is 43.8 Å². The molecule has 1 aromatic rings. The van der Waals surface area contributed by atoms with Crippen LogP contribution in [-0.4, -0.2) is 69.8 Å². The van der Waals surface area contributed by atoms with Crippen LogP contribution in [0.4, 0.5) is 0 Å². The molecule has 3 aliphatic carbocycles. The van der Waals surface area contributed by atoms with Gasteiger partial charge >= 0.3 is 0 Å². The van der Waals surface area contributed by atoms with Crippen LogP contribution in [0.5, 0.6) is 11.5 Å². The number of phenols is 1. The van der Waals surface area contributed by atoms with Crippen LogP contribution >= 0.6 is 0 Å². The summed E-state index contributed by atoms with van der Waals surface area (Å²) >= 11 is 0. The maximum absolute atomic E-state index is 13.1. The molecule has 34 heavy (non-hydrogen) atoms. The normalized spacial score (nSPS) is 36.8. The molecule has 2 saturated carbocycles. The lowest BCUT2D eigenvalue weighted by Gasteiger charge is -2.64. The van der Waals surface area contributed by atoms with Crippen LogP contribution < -0.4 is 4.74 Å². The molecule has 1 aromatic carbocycles. The number of carbonyl (C=O) groups excluding carboxylic acids is 1. The third-order valence-electron chi connectivity index (χ3n) is 9.79. The first-order valence-electron chi connectivity index (χ1n) is 13.2. The van der Waals surface area contributed by atoms with E-state index >= 15 is 0 Å². The summed E-state index contributed by atoms with van der Waals surface area (Å²) in [6.45, 7) is 6.22. The minimum Gasteiger partial charge on any atom is -0.504 e. The zero-order chi connectivity index (χ0) is 23.8. The number of likely N-dealkylation sites (N-methyl/N-ethyl adjacent to an activating group) is 1. The molecule has 6 heteroatoms. The number of amides is 1. The maximum atomic E-state index is 13.1. The van der Waals surface area contributed by atoms with Crippen LogP contribution in [0, 0.1) is 11.8 Å². The molecule has 2 aliphatic heterocycles. The predicted octanol–water partition coefficient (Wildman–Crippen LogP) is 3.39. The van der Waals surface area contributed by atoms with E-state index in [0.29, 0.717) is 24.5 Å². The molecule has 2 heterocycles. The first-order chi connectivity index (χ1) is 16.3. The zero-order valence-electron chi connectivity index (χ0n) is 20.7. The smallest absolute Gasteiger partial charge is 0.246 e. The Hall–Kier alpha value is -2.05. The Kier molecular flexibility index (Phi) is 5.09. The fourth-order valence-corrected chi connectivity index (χ4v) is 7.52. The minimum absolute atomic E-state index is 0.0188. The Bertz CT molecular complexity index is 1040. The molecule has 1 amide bonds. The Balaban J connectivity index is 1.40. The van der Waals surface area contributed by atoms with E-state index in [9.17, 15) is 15.0 Å². The number of allylic oxidation sites excluding steroid dienone is 1. The molecule has 6 nitrogen and oxygen atoms in total. The minimum atomic E-state index is -0.913. The molecule has 1 unspecified atom stereocenters. The SMILES string of the molecule is CCC(C)/C=C/C(=O)N(C)[C@H]1CC[C@@]2(O)[C@H]3Cc4ccc(O)c5c4[C@@]2(CCN3CC2CC2)[C@H]1O5. The van der Waals surface area contributed by atoms with E-state index in [2.05, 4.69) is 18.7 Å². The third kappa shape index (κ3) is 2.97. The second-order valence-electron chi connectivity index (χ2n) is 11.6. The van der Waals surface area contributed by atoms with Crippen molar-refractivity contribution in [2.75, 3.05) is 20.1 Å². The van der Waals surface area contributed by atoms with Crippen molar-refractivity contribution in [1.82, 2.24) is 9.80 Å². The van der Waals surface area contributed by atoms with Gasteiger partial charge in [0.05, 0.1) is 17.1 Å². The number of hydrogen-bond donors (Lipinski definition) is 2. The van der Waals surface area contributed by atoms with Crippen LogP contribution in [0.15, 0.2) is 24.3 Å². The number of nitrogens with zero attached hydrogens (tertiary/aromatic N) is 2. The van der Waals surface area contributed by atoms with E-state index in [1.165, 1.54) is 18.4 Å². The highest BCUT2D eigenvalue weighted by Crippen LogP contribution is 2.66. The summed E-state index contributed by atoms with van der Waals surface area (Å²) in [5.41, 5.74) is 0.709. The quantitative estimate of drug-likeness (QED) is 0.629. The van der Waals surface area contributed by atoms with Crippen molar-refractivity contribution in [3.8, 4) is 11.5 Å². The van der Waals surface area contributed by atoms with Gasteiger partial charge in [0, 0.05) is 25.2 Å². The van der Waals surface area contributed by atoms with Crippen LogP contribution in [0.2, 0.25) is 0 Å². The largest absolute Gasteiger partial charge is 0.504 e. The fourth-order valence-electron chi connectivity index (χ4n) is 7.52. The van der Waals surface area contributed by atoms with Gasteiger partial charge < -0.3 is 19.8 Å². The zero-order valence-corrected chi connectivity index (χ0v) is 20.7. The molecule has 1 saturated heterocycles. The van der Waals surface area contributed by atoms with Gasteiger partial charge in [0.25, 0.3) is 0 Å². The number of benzene rings is 1. The summed E-state index contributed by atoms with van der Waals surface area (Å²) in [5, 5.41) is 23.3. The molecule has 0 radical (unpaired) electrons. The van der Waals surface area contributed by atoms with Gasteiger partial charge in [-0.05, 0) is 74.6 Å². The average Bonchev–Trinajstić information content (AvgIpc) is 3.57. The number of carbonyl (C=O) groups is 1. The van der Waals surface area contributed by atoms with Crippen molar-refractivity contribution in [2.24, 2.45) is 11.8 Å². The van der Waals surface area contributed by atoms with E-state index in [-0.39, 0.29) is 29.8 Å². The highest BCUT2D eigenvalue weighted by atomic mass is 16.5. The van der Waals surface area contributed by atoms with E-state index in [4.69, 9.17) is 4.74 Å². The predicted molar refractivity (Wildman–Crippen MR) is 130 cm³/mol. The second-order valence-corrected chi connectivity index (χ2v) is 11.6. The van der Waals surface area contributed by atoms with Gasteiger partial charge in [0.1, 0.15) is 6.10 Å². The van der Waals surface area contributed by atoms with Gasteiger partial charge in [-0.25, -0.2) is 0 Å². The fraction of sp³-hybridized carbons (Fsp3) is 0.679. The summed E-state index contributed by atoms with van der Waals surface area (Å²) in [4.78, 5) is 17.5. The lowest BCUT2D eigenvalue weighted by molar-refractivity contribution is -0.200. The maximum Gasteiger partial charge on any atom is 0.246 e. The van der Waals surface area contributed by atoms with Crippen LogP contribution in [0.25, 0.3) is 0 Å². The average molecular weight is 467 g/mol. The second kappa shape index (κ2) is 7.72. The number of hydrogen-bond acceptors (Lipinski definition) is 5. The molecule has 2 bridgehead atoms. The molecule has 6 rings (SSSR count). The first-order valence-corrected chi connectivity index (χ1v) is 13.2. The lowest BCUT2D eigenvalue weighted by atomic mass is 9.48. The Morgan fingerprint density at radius 1 is 1.32 bits per heavy atom. The molecule has 2 N–H and O–H groups in total. The molecule has 6 atom stereocenters. The topological polar surface area (TPSA) is 73.2 Å². The van der Waals surface area contributed by atoms with E-state index < -0.39 is 11.0 Å². The van der Waals surface area contributed by atoms with E-state index in [1.807, 2.05) is 24.1 Å². The molecular formula is C28H38N2O4. The highest BCUT2D eigenvalue weighted by molar-refractivity contribution is 5.87. The van der Waals surface area contributed by atoms with Crippen molar-refractivity contribution in [1.29, 1.82) is 0 Å². The number of piperidine rings is 1. The molecule has 184 valence electrons. The monoisotopic (exact) mass is 466 g/mol. The number of phenolic OH excluding ortho intramolecular Hbond substituents is 1. The molecule has 5 aliphatic rings. The van der Waals surface area contributed by atoms with Gasteiger partial charge in [-0.1, -0.05) is 32.4 Å². The molecule has 0 aromatic heterocycles. The molecular weight excluding hydrogens is 428 g/mol. The number of ether oxygens (including phenoxy) is 1. The summed E-state index contributed by atoms with van der Waals surface area (Å²) in [5.74, 6) is 1.79. The molecule has 1 spiro atoms. The van der Waals surface area contributed by atoms with Gasteiger partial charge in [0.15, 0.2) is 11.5 Å². The summed E-state index contributed by atoms with van der Waals surface area (Å²) in [6, 6.07) is 3.68. The highest BCUT2D eigenvalue weighted by Gasteiger charge is 2.73. The van der Waals surface area contributed by atoms with Crippen molar-refractivity contribution in [3.05, 3.63) is 35.4 Å². The van der Waals surface area contributed by atoms with Gasteiger partial charge in [-0.2, -0.15) is 0 Å². The number of likely N-dealkylation sites (tertiary alicyclic amines) is 1. The van der Waals surface area contributed by atoms with Crippen LogP contribution in [0.3, 0.4) is 0 Å². The number of aromatic hydroxyl groups is 1. The number of rotatable bonds is 6. The van der Waals surface area contributed by atoms with Crippen molar-refractivity contribution >= 4 is 5.91 Å². The summed E-state index contributed by atoms with van der Waals surface area (Å²) in [6.07, 6.45) is 9.84. The van der Waals surface area contributed by atoms with Gasteiger partial charge in [-0.3, -0.25) is 9.69 Å². The summed E-state index contributed by atoms with van der Waals surface area (Å²) in [7, 11) is 1.87. The standard InChI is InChI=1S/C28H38N2O4/c1-4-17(2)5-10-23(32)29(3)20-11-12-28(33)22-15-19-8-9-21(31)25-24(19)27(28,26(20)34-25)13-14-30(22)16-18-6-7-18/h5,8-10,17-18,20,22,26,31,33H,4,6-7,11-16H2,1-3H3/b10-5+/t17?,20-,22+,26-,27-,28+/m0/s1. The van der Waals surface area contributed by atoms with Crippen molar-refractivity contribution in [2.45, 2.75) is 88.0 Å². The molecule has 3 fully saturated rings. The Morgan fingerprint density at radius 3 is 2.85 bits per heavy atom. The Morgan fingerprint density at radius 2 is 2.12 bits per heavy atom. The van der Waals surface area contributed by atoms with Crippen molar-refractivity contribution in [3.63, 3.8) is 0 Å². The lowest BCUT2D eigenvalue weighted by Crippen LogP contribution is -2.78. The van der Waals surface area contributed by atoms with E-state index in [1.54, 1.807) is 12.1 Å². The van der Waals surface area contributed by atoms with Gasteiger partial charge in [0.2, 0.25) is 5.91 Å². The van der Waals surface area contributed by atoms with Crippen molar-refractivity contribution < 1.29 is 19.7 Å². The van der Waals surface area contributed by atoms with Crippen LogP contribution in [-0.2, 0) is 16.6 Å². The van der Waals surface area contributed by atoms with Gasteiger partial charge in [-0.15, -0.1) is 0 Å². The van der Waals surface area contributed by atoms with Crippen LogP contribution in [0.1, 0.15) is 63.5 Å².